The van der Waals surface area contributed by atoms with Gasteiger partial charge >= 0.3 is 0 Å². The van der Waals surface area contributed by atoms with E-state index in [4.69, 9.17) is 20.2 Å². The molecule has 0 aliphatic carbocycles. The van der Waals surface area contributed by atoms with Crippen molar-refractivity contribution in [3.8, 4) is 11.1 Å². The summed E-state index contributed by atoms with van der Waals surface area (Å²) < 4.78 is 27.4. The lowest BCUT2D eigenvalue weighted by atomic mass is 10.0. The van der Waals surface area contributed by atoms with Gasteiger partial charge in [0.15, 0.2) is 0 Å². The van der Waals surface area contributed by atoms with Crippen molar-refractivity contribution in [2.75, 3.05) is 26.2 Å². The number of benzene rings is 2. The van der Waals surface area contributed by atoms with Crippen molar-refractivity contribution in [3.05, 3.63) is 59.7 Å². The molecule has 2 aromatic carbocycles. The van der Waals surface area contributed by atoms with Crippen LogP contribution in [-0.2, 0) is 21.1 Å². The monoisotopic (exact) mass is 477 g/mol. The molecule has 0 aliphatic rings. The molecule has 0 aromatic heterocycles. The van der Waals surface area contributed by atoms with Crippen LogP contribution in [0.25, 0.3) is 11.1 Å². The number of hydrogen-bond donors (Lipinski definition) is 3. The Kier molecular flexibility index (Phi) is 27.9. The van der Waals surface area contributed by atoms with E-state index in [1.54, 1.807) is 30.3 Å². The number of carbonyl (C=O) groups excluding carboxylic acids is 1. The van der Waals surface area contributed by atoms with E-state index in [0.717, 1.165) is 13.2 Å². The molecule has 0 heterocycles. The molecule has 0 radical (unpaired) electrons. The number of nitrogens with two attached hydrogens (primary N) is 1. The van der Waals surface area contributed by atoms with Gasteiger partial charge in [-0.2, -0.15) is 0 Å². The number of unbranched alkanes of at least 4 members (excludes halogenated alkanes) is 1. The first-order valence-electron chi connectivity index (χ1n) is 10.8. The van der Waals surface area contributed by atoms with Crippen LogP contribution in [0.5, 0.6) is 0 Å². The SMILES string of the molecule is C.C=O.CCCC.CCNOCC.NCCNOCc1cc(-c2ccccc2F)ccc1F.[HH].[HH].[HH]. The zero-order valence-corrected chi connectivity index (χ0v) is 19.8. The van der Waals surface area contributed by atoms with Crippen molar-refractivity contribution in [3.63, 3.8) is 0 Å². The number of nitrogens with one attached hydrogen (secondary N) is 2. The molecule has 8 heteroatoms. The summed E-state index contributed by atoms with van der Waals surface area (Å²) in [6, 6.07) is 10.8. The topological polar surface area (TPSA) is 85.6 Å². The fourth-order valence-corrected chi connectivity index (χ4v) is 2.01. The van der Waals surface area contributed by atoms with E-state index in [-0.39, 0.29) is 29.9 Å². The van der Waals surface area contributed by atoms with Gasteiger partial charge in [0.25, 0.3) is 0 Å². The molecule has 0 atom stereocenters. The Morgan fingerprint density at radius 1 is 0.939 bits per heavy atom. The van der Waals surface area contributed by atoms with Gasteiger partial charge in [-0.1, -0.05) is 65.3 Å². The van der Waals surface area contributed by atoms with Gasteiger partial charge in [0.1, 0.15) is 18.4 Å². The Morgan fingerprint density at radius 3 is 2.06 bits per heavy atom. The van der Waals surface area contributed by atoms with E-state index < -0.39 is 0 Å². The number of carbonyl (C=O) groups is 1. The minimum absolute atomic E-state index is 0. The lowest BCUT2D eigenvalue weighted by molar-refractivity contribution is -0.0980. The third-order valence-electron chi connectivity index (χ3n) is 3.70. The normalized spacial score (nSPS) is 9.18. The highest BCUT2D eigenvalue weighted by Gasteiger charge is 2.08. The molecule has 196 valence electrons. The van der Waals surface area contributed by atoms with Crippen LogP contribution in [0.3, 0.4) is 0 Å². The molecule has 2 rings (SSSR count). The summed E-state index contributed by atoms with van der Waals surface area (Å²) in [5.74, 6) is -0.730. The molecule has 0 spiro atoms. The van der Waals surface area contributed by atoms with Crippen molar-refractivity contribution in [2.45, 2.75) is 54.6 Å². The van der Waals surface area contributed by atoms with Crippen molar-refractivity contribution in [1.82, 2.24) is 11.0 Å². The largest absolute Gasteiger partial charge is 0.329 e. The Morgan fingerprint density at radius 2 is 1.58 bits per heavy atom. The van der Waals surface area contributed by atoms with E-state index in [2.05, 4.69) is 24.8 Å². The first kappa shape index (κ1) is 35.4. The average Bonchev–Trinajstić information content (AvgIpc) is 2.84. The molecule has 0 fully saturated rings. The molecular formula is C25H49F2N3O3. The second kappa shape index (κ2) is 26.0. The third kappa shape index (κ3) is 17.9. The average molecular weight is 478 g/mol. The van der Waals surface area contributed by atoms with Gasteiger partial charge in [0.2, 0.25) is 0 Å². The van der Waals surface area contributed by atoms with Gasteiger partial charge in [-0.15, -0.1) is 0 Å². The van der Waals surface area contributed by atoms with Crippen molar-refractivity contribution in [1.29, 1.82) is 0 Å². The second-order valence-electron chi connectivity index (χ2n) is 6.19. The highest BCUT2D eigenvalue weighted by atomic mass is 19.1. The standard InChI is InChI=1S/C15H16F2N2O.C4H11NO.C4H10.CH2O.CH4.3H2/c16-14-6-5-11(13-3-1-2-4-15(13)17)9-12(14)10-20-19-8-7-18;1-3-5-6-4-2;1-3-4-2;1-2;;;;/h1-6,9,19H,7-8,10,18H2;5H,3-4H2,1-2H3;3-4H2,1-2H3;1H2;1H4;3*1H. The summed E-state index contributed by atoms with van der Waals surface area (Å²) in [6.45, 7) is 12.9. The molecule has 0 saturated heterocycles. The second-order valence-corrected chi connectivity index (χ2v) is 6.19. The number of rotatable bonds is 10. The minimum Gasteiger partial charge on any atom is -0.329 e. The Labute approximate surface area is 203 Å². The van der Waals surface area contributed by atoms with Crippen LogP contribution in [0.1, 0.15) is 57.8 Å². The highest BCUT2D eigenvalue weighted by Crippen LogP contribution is 2.24. The van der Waals surface area contributed by atoms with Gasteiger partial charge in [0.05, 0.1) is 13.2 Å². The number of hydroxylamine groups is 2. The lowest BCUT2D eigenvalue weighted by Crippen LogP contribution is -2.22. The number of hydrogen-bond acceptors (Lipinski definition) is 6. The van der Waals surface area contributed by atoms with E-state index in [1.807, 2.05) is 20.6 Å². The quantitative estimate of drug-likeness (QED) is 0.281. The van der Waals surface area contributed by atoms with Crippen LogP contribution in [0.15, 0.2) is 42.5 Å². The number of halogens is 2. The summed E-state index contributed by atoms with van der Waals surface area (Å²) >= 11 is 0. The van der Waals surface area contributed by atoms with E-state index in [9.17, 15) is 8.78 Å². The fraction of sp³-hybridized carbons (Fsp3) is 0.480. The Bertz CT molecular complexity index is 701. The maximum atomic E-state index is 13.7. The first-order chi connectivity index (χ1) is 15.5. The van der Waals surface area contributed by atoms with Crippen LogP contribution in [0.2, 0.25) is 0 Å². The smallest absolute Gasteiger partial charge is 0.131 e. The molecular weight excluding hydrogens is 428 g/mol. The summed E-state index contributed by atoms with van der Waals surface area (Å²) in [5.41, 5.74) is 12.0. The molecule has 4 N–H and O–H groups in total. The first-order valence-corrected chi connectivity index (χ1v) is 10.8. The van der Waals surface area contributed by atoms with Crippen LogP contribution < -0.4 is 16.7 Å². The zero-order valence-electron chi connectivity index (χ0n) is 19.8. The summed E-state index contributed by atoms with van der Waals surface area (Å²) in [6.07, 6.45) is 2.64. The third-order valence-corrected chi connectivity index (χ3v) is 3.70. The highest BCUT2D eigenvalue weighted by molar-refractivity contribution is 5.64. The van der Waals surface area contributed by atoms with E-state index in [0.29, 0.717) is 29.8 Å². The van der Waals surface area contributed by atoms with Gasteiger partial charge in [0, 0.05) is 35.0 Å². The molecule has 0 saturated carbocycles. The molecule has 33 heavy (non-hydrogen) atoms. The molecule has 0 bridgehead atoms. The van der Waals surface area contributed by atoms with Crippen molar-refractivity contribution < 1.29 is 27.5 Å². The van der Waals surface area contributed by atoms with E-state index >= 15 is 0 Å². The zero-order chi connectivity index (χ0) is 24.6. The molecule has 2 aromatic rings. The van der Waals surface area contributed by atoms with Crippen LogP contribution in [0.4, 0.5) is 8.78 Å². The van der Waals surface area contributed by atoms with Gasteiger partial charge in [-0.25, -0.2) is 19.7 Å². The summed E-state index contributed by atoms with van der Waals surface area (Å²) in [7, 11) is 0. The summed E-state index contributed by atoms with van der Waals surface area (Å²) in [4.78, 5) is 17.8. The van der Waals surface area contributed by atoms with Gasteiger partial charge in [-0.05, 0) is 30.7 Å². The maximum absolute atomic E-state index is 13.7. The summed E-state index contributed by atoms with van der Waals surface area (Å²) in [5, 5.41) is 0. The Hall–Kier alpha value is -2.23. The van der Waals surface area contributed by atoms with Gasteiger partial charge in [-0.3, -0.25) is 4.84 Å². The van der Waals surface area contributed by atoms with Crippen LogP contribution in [-0.4, -0.2) is 33.0 Å². The minimum atomic E-state index is -0.389. The predicted octanol–water partition coefficient (Wildman–Crippen LogP) is 6.15. The van der Waals surface area contributed by atoms with Crippen molar-refractivity contribution in [2.24, 2.45) is 5.73 Å². The molecule has 6 nitrogen and oxygen atoms in total. The lowest BCUT2D eigenvalue weighted by Gasteiger charge is -2.09. The predicted molar refractivity (Wildman–Crippen MR) is 140 cm³/mol. The van der Waals surface area contributed by atoms with Crippen LogP contribution >= 0.6 is 0 Å². The fourth-order valence-electron chi connectivity index (χ4n) is 2.01. The molecule has 0 aliphatic heterocycles. The van der Waals surface area contributed by atoms with Crippen molar-refractivity contribution >= 4 is 6.79 Å². The molecule has 0 unspecified atom stereocenters. The van der Waals surface area contributed by atoms with Crippen LogP contribution in [0, 0.1) is 11.6 Å². The molecule has 0 amide bonds. The van der Waals surface area contributed by atoms with E-state index in [1.165, 1.54) is 25.0 Å². The van der Waals surface area contributed by atoms with Gasteiger partial charge < -0.3 is 15.4 Å². The Balaban J connectivity index is -0.000000120. The maximum Gasteiger partial charge on any atom is 0.131 e.